The summed E-state index contributed by atoms with van der Waals surface area (Å²) in [5.41, 5.74) is 0. The summed E-state index contributed by atoms with van der Waals surface area (Å²) in [4.78, 5) is 1.28. The minimum absolute atomic E-state index is 0.745. The van der Waals surface area contributed by atoms with Crippen molar-refractivity contribution in [2.24, 2.45) is 5.92 Å². The Hall–Kier alpha value is -0.410. The van der Waals surface area contributed by atoms with Crippen LogP contribution in [0.15, 0.2) is 21.6 Å². The molecular weight excluding hydrogens is 230 g/mol. The number of nitrogens with one attached hydrogen (secondary N) is 1. The minimum atomic E-state index is 0.745. The monoisotopic (exact) mass is 253 g/mol. The van der Waals surface area contributed by atoms with E-state index in [2.05, 4.69) is 18.3 Å². The third-order valence-electron chi connectivity index (χ3n) is 3.69. The number of hydrogen-bond acceptors (Lipinski definition) is 3. The molecule has 1 heterocycles. The van der Waals surface area contributed by atoms with E-state index in [1.807, 2.05) is 18.7 Å². The molecule has 0 aromatic carbocycles. The van der Waals surface area contributed by atoms with Gasteiger partial charge in [-0.15, -0.1) is 11.8 Å². The van der Waals surface area contributed by atoms with Crippen LogP contribution in [0.1, 0.15) is 38.4 Å². The first-order valence-electron chi connectivity index (χ1n) is 6.67. The number of hydrogen-bond donors (Lipinski definition) is 1. The number of aryl methyl sites for hydroxylation is 1. The molecule has 2 unspecified atom stereocenters. The van der Waals surface area contributed by atoms with Crippen LogP contribution in [0.4, 0.5) is 0 Å². The zero-order chi connectivity index (χ0) is 12.1. The van der Waals surface area contributed by atoms with Crippen molar-refractivity contribution in [1.82, 2.24) is 5.32 Å². The second-order valence-electron chi connectivity index (χ2n) is 5.01. The van der Waals surface area contributed by atoms with Crippen molar-refractivity contribution >= 4 is 11.8 Å². The lowest BCUT2D eigenvalue weighted by Gasteiger charge is -2.29. The number of furan rings is 1. The van der Waals surface area contributed by atoms with Crippen LogP contribution in [0.3, 0.4) is 0 Å². The molecule has 2 rings (SSSR count). The van der Waals surface area contributed by atoms with E-state index in [0.29, 0.717) is 0 Å². The first-order chi connectivity index (χ1) is 8.27. The van der Waals surface area contributed by atoms with Gasteiger partial charge in [0.2, 0.25) is 0 Å². The first kappa shape index (κ1) is 13.0. The molecular formula is C14H23NOS. The molecule has 2 nitrogen and oxygen atoms in total. The predicted octanol–water partition coefficient (Wildman–Crippen LogP) is 3.85. The molecule has 1 fully saturated rings. The van der Waals surface area contributed by atoms with Crippen molar-refractivity contribution in [3.63, 3.8) is 0 Å². The maximum Gasteiger partial charge on any atom is 0.114 e. The highest BCUT2D eigenvalue weighted by Gasteiger charge is 2.20. The fourth-order valence-corrected chi connectivity index (χ4v) is 3.39. The standard InChI is InChI=1S/C14H23NOS/c1-11-5-3-4-6-13(11)15-8-10-17-14-7-9-16-12(14)2/h7,9,11,13,15H,3-6,8,10H2,1-2H3. The Kier molecular flexibility index (Phi) is 4.99. The van der Waals surface area contributed by atoms with Gasteiger partial charge in [0.25, 0.3) is 0 Å². The summed E-state index contributed by atoms with van der Waals surface area (Å²) < 4.78 is 5.29. The van der Waals surface area contributed by atoms with Crippen LogP contribution >= 0.6 is 11.8 Å². The smallest absolute Gasteiger partial charge is 0.114 e. The van der Waals surface area contributed by atoms with Gasteiger partial charge in [0.05, 0.1) is 6.26 Å². The van der Waals surface area contributed by atoms with Gasteiger partial charge in [0, 0.05) is 23.2 Å². The summed E-state index contributed by atoms with van der Waals surface area (Å²) in [6, 6.07) is 2.80. The summed E-state index contributed by atoms with van der Waals surface area (Å²) >= 11 is 1.89. The van der Waals surface area contributed by atoms with Gasteiger partial charge in [0.1, 0.15) is 5.76 Å². The van der Waals surface area contributed by atoms with Crippen molar-refractivity contribution in [1.29, 1.82) is 0 Å². The van der Waals surface area contributed by atoms with Crippen LogP contribution in [-0.4, -0.2) is 18.3 Å². The van der Waals surface area contributed by atoms with E-state index >= 15 is 0 Å². The maximum absolute atomic E-state index is 5.29. The Labute approximate surface area is 109 Å². The Morgan fingerprint density at radius 2 is 2.24 bits per heavy atom. The second-order valence-corrected chi connectivity index (χ2v) is 6.15. The summed E-state index contributed by atoms with van der Waals surface area (Å²) in [5, 5.41) is 3.70. The molecule has 96 valence electrons. The van der Waals surface area contributed by atoms with Crippen molar-refractivity contribution in [3.8, 4) is 0 Å². The molecule has 1 aromatic heterocycles. The summed E-state index contributed by atoms with van der Waals surface area (Å²) in [7, 11) is 0. The third kappa shape index (κ3) is 3.78. The molecule has 0 aliphatic heterocycles. The fourth-order valence-electron chi connectivity index (χ4n) is 2.55. The van der Waals surface area contributed by atoms with Crippen LogP contribution < -0.4 is 5.32 Å². The topological polar surface area (TPSA) is 25.2 Å². The number of rotatable bonds is 5. The van der Waals surface area contributed by atoms with E-state index < -0.39 is 0 Å². The zero-order valence-corrected chi connectivity index (χ0v) is 11.7. The summed E-state index contributed by atoms with van der Waals surface area (Å²) in [5.74, 6) is 3.02. The van der Waals surface area contributed by atoms with E-state index in [0.717, 1.165) is 30.0 Å². The highest BCUT2D eigenvalue weighted by Crippen LogP contribution is 2.25. The lowest BCUT2D eigenvalue weighted by molar-refractivity contribution is 0.285. The Bertz CT molecular complexity index is 337. The van der Waals surface area contributed by atoms with E-state index in [4.69, 9.17) is 4.42 Å². The molecule has 0 saturated heterocycles. The van der Waals surface area contributed by atoms with E-state index in [-0.39, 0.29) is 0 Å². The number of thioether (sulfide) groups is 1. The molecule has 3 heteroatoms. The zero-order valence-electron chi connectivity index (χ0n) is 10.9. The molecule has 1 aliphatic carbocycles. The first-order valence-corrected chi connectivity index (χ1v) is 7.66. The summed E-state index contributed by atoms with van der Waals surface area (Å²) in [6.07, 6.45) is 7.34. The molecule has 0 spiro atoms. The van der Waals surface area contributed by atoms with Gasteiger partial charge in [-0.25, -0.2) is 0 Å². The van der Waals surface area contributed by atoms with Crippen LogP contribution in [0.2, 0.25) is 0 Å². The van der Waals surface area contributed by atoms with Gasteiger partial charge in [-0.3, -0.25) is 0 Å². The van der Waals surface area contributed by atoms with Crippen LogP contribution in [0, 0.1) is 12.8 Å². The Morgan fingerprint density at radius 1 is 1.41 bits per heavy atom. The second kappa shape index (κ2) is 6.50. The molecule has 0 amide bonds. The Morgan fingerprint density at radius 3 is 2.94 bits per heavy atom. The van der Waals surface area contributed by atoms with Crippen LogP contribution in [-0.2, 0) is 0 Å². The molecule has 1 aromatic rings. The predicted molar refractivity (Wildman–Crippen MR) is 73.6 cm³/mol. The van der Waals surface area contributed by atoms with Crippen molar-refractivity contribution in [3.05, 3.63) is 18.1 Å². The van der Waals surface area contributed by atoms with Gasteiger partial charge < -0.3 is 9.73 Å². The quantitative estimate of drug-likeness (QED) is 0.637. The molecule has 1 saturated carbocycles. The van der Waals surface area contributed by atoms with Gasteiger partial charge in [-0.2, -0.15) is 0 Å². The van der Waals surface area contributed by atoms with Crippen molar-refractivity contribution in [2.75, 3.05) is 12.3 Å². The largest absolute Gasteiger partial charge is 0.468 e. The van der Waals surface area contributed by atoms with Gasteiger partial charge in [0.15, 0.2) is 0 Å². The molecule has 0 radical (unpaired) electrons. The van der Waals surface area contributed by atoms with E-state index in [1.54, 1.807) is 6.26 Å². The average molecular weight is 253 g/mol. The molecule has 0 bridgehead atoms. The van der Waals surface area contributed by atoms with Gasteiger partial charge in [-0.05, 0) is 31.7 Å². The molecule has 17 heavy (non-hydrogen) atoms. The van der Waals surface area contributed by atoms with Gasteiger partial charge >= 0.3 is 0 Å². The minimum Gasteiger partial charge on any atom is -0.468 e. The van der Waals surface area contributed by atoms with Crippen molar-refractivity contribution < 1.29 is 4.42 Å². The highest BCUT2D eigenvalue weighted by atomic mass is 32.2. The molecule has 1 aliphatic rings. The average Bonchev–Trinajstić information content (AvgIpc) is 2.73. The summed E-state index contributed by atoms with van der Waals surface area (Å²) in [6.45, 7) is 5.51. The van der Waals surface area contributed by atoms with Crippen LogP contribution in [0.5, 0.6) is 0 Å². The van der Waals surface area contributed by atoms with Crippen LogP contribution in [0.25, 0.3) is 0 Å². The highest BCUT2D eigenvalue weighted by molar-refractivity contribution is 7.99. The molecule has 2 atom stereocenters. The lowest BCUT2D eigenvalue weighted by Crippen LogP contribution is -2.38. The normalized spacial score (nSPS) is 25.1. The molecule has 1 N–H and O–H groups in total. The fraction of sp³-hybridized carbons (Fsp3) is 0.714. The van der Waals surface area contributed by atoms with Gasteiger partial charge in [-0.1, -0.05) is 19.8 Å². The SMILES string of the molecule is Cc1occc1SCCNC1CCCCC1C. The van der Waals surface area contributed by atoms with E-state index in [9.17, 15) is 0 Å². The van der Waals surface area contributed by atoms with E-state index in [1.165, 1.54) is 30.6 Å². The maximum atomic E-state index is 5.29. The third-order valence-corrected chi connectivity index (χ3v) is 4.83. The Balaban J connectivity index is 1.64. The lowest BCUT2D eigenvalue weighted by atomic mass is 9.86. The van der Waals surface area contributed by atoms with Crippen molar-refractivity contribution in [2.45, 2.75) is 50.5 Å².